The first-order valence-electron chi connectivity index (χ1n) is 14.1. The summed E-state index contributed by atoms with van der Waals surface area (Å²) in [6.45, 7) is 5.48. The van der Waals surface area contributed by atoms with Gasteiger partial charge in [-0.1, -0.05) is 53.7 Å². The molecule has 42 heavy (non-hydrogen) atoms. The van der Waals surface area contributed by atoms with Gasteiger partial charge in [0.1, 0.15) is 5.37 Å². The number of fused-ring (bicyclic) bond motifs is 1. The van der Waals surface area contributed by atoms with Gasteiger partial charge >= 0.3 is 0 Å². The van der Waals surface area contributed by atoms with E-state index in [0.29, 0.717) is 36.2 Å². The third-order valence-electron chi connectivity index (χ3n) is 8.23. The number of carbonyl (C=O) groups is 2. The first-order chi connectivity index (χ1) is 20.1. The number of carbonyl (C=O) groups excluding carboxylic acids is 2. The van der Waals surface area contributed by atoms with Crippen molar-refractivity contribution in [3.8, 4) is 11.1 Å². The highest BCUT2D eigenvalue weighted by Crippen LogP contribution is 2.46. The van der Waals surface area contributed by atoms with Crippen LogP contribution in [0.1, 0.15) is 38.5 Å². The lowest BCUT2D eigenvalue weighted by Crippen LogP contribution is -2.38. The number of hydrogen-bond donors (Lipinski definition) is 2. The lowest BCUT2D eigenvalue weighted by molar-refractivity contribution is -0.130. The van der Waals surface area contributed by atoms with Gasteiger partial charge in [-0.3, -0.25) is 9.59 Å². The van der Waals surface area contributed by atoms with Gasteiger partial charge in [-0.2, -0.15) is 0 Å². The molecule has 1 unspecified atom stereocenters. The molecule has 2 N–H and O–H groups in total. The molecule has 0 spiro atoms. The minimum Gasteiger partial charge on any atom is -0.370 e. The van der Waals surface area contributed by atoms with Crippen molar-refractivity contribution >= 4 is 40.9 Å². The summed E-state index contributed by atoms with van der Waals surface area (Å²) < 4.78 is 1.90. The number of rotatable bonds is 6. The fourth-order valence-corrected chi connectivity index (χ4v) is 7.60. The van der Waals surface area contributed by atoms with Crippen molar-refractivity contribution in [3.63, 3.8) is 0 Å². The van der Waals surface area contributed by atoms with E-state index in [1.54, 1.807) is 11.8 Å². The number of nitrogens with zero attached hydrogens (tertiary/aromatic N) is 5. The summed E-state index contributed by atoms with van der Waals surface area (Å²) in [5, 5.41) is 7.23. The second-order valence-electron chi connectivity index (χ2n) is 11.5. The zero-order chi connectivity index (χ0) is 29.7. The molecule has 2 aromatic carbocycles. The molecule has 220 valence electrons. The molecule has 11 heteroatoms. The molecular weight excluding hydrogens is 570 g/mol. The number of likely N-dealkylation sites (N-methyl/N-ethyl adjacent to an activating group) is 2. The van der Waals surface area contributed by atoms with Gasteiger partial charge in [0, 0.05) is 48.4 Å². The van der Waals surface area contributed by atoms with E-state index in [4.69, 9.17) is 11.6 Å². The van der Waals surface area contributed by atoms with Crippen LogP contribution >= 0.6 is 23.4 Å². The van der Waals surface area contributed by atoms with Crippen LogP contribution in [0.5, 0.6) is 0 Å². The minimum atomic E-state index is -0.274. The number of imidazole rings is 1. The molecule has 0 fully saturated rings. The predicted molar refractivity (Wildman–Crippen MR) is 168 cm³/mol. The van der Waals surface area contributed by atoms with Crippen LogP contribution in [-0.2, 0) is 24.8 Å². The normalized spacial score (nSPS) is 18.4. The van der Waals surface area contributed by atoms with Gasteiger partial charge in [0.05, 0.1) is 36.0 Å². The van der Waals surface area contributed by atoms with Crippen LogP contribution in [0.3, 0.4) is 0 Å². The molecule has 0 radical (unpaired) electrons. The van der Waals surface area contributed by atoms with Crippen LogP contribution in [0, 0.1) is 6.92 Å². The summed E-state index contributed by atoms with van der Waals surface area (Å²) in [7, 11) is 7.79. The zero-order valence-electron chi connectivity index (χ0n) is 24.6. The quantitative estimate of drug-likeness (QED) is 0.435. The van der Waals surface area contributed by atoms with E-state index < -0.39 is 0 Å². The van der Waals surface area contributed by atoms with E-state index in [0.717, 1.165) is 53.3 Å². The number of aromatic nitrogens is 2. The predicted octanol–water partition coefficient (Wildman–Crippen LogP) is 4.24. The molecule has 0 bridgehead atoms. The van der Waals surface area contributed by atoms with Gasteiger partial charge in [-0.05, 0) is 50.8 Å². The zero-order valence-corrected chi connectivity index (χ0v) is 26.2. The van der Waals surface area contributed by atoms with Gasteiger partial charge in [0.25, 0.3) is 5.91 Å². The Kier molecular flexibility index (Phi) is 7.82. The molecular formula is C31H36ClN7O2S. The molecule has 6 rings (SSSR count). The second kappa shape index (κ2) is 11.4. The number of hydrogen-bond acceptors (Lipinski definition) is 7. The molecule has 1 aromatic heterocycles. The molecule has 0 saturated heterocycles. The first kappa shape index (κ1) is 28.8. The monoisotopic (exact) mass is 605 g/mol. The summed E-state index contributed by atoms with van der Waals surface area (Å²) in [4.78, 5) is 37.8. The van der Waals surface area contributed by atoms with Crippen LogP contribution in [0.4, 0.5) is 5.69 Å². The molecule has 3 aliphatic rings. The SMILES string of the molecule is Cc1c(-c2cccc(NC(=O)c3nc4c(n3C)CCN(C)C4)c2Cl)cccc1C1NC2=C(CN(C(=O)CN(C)C)C2)S1. The Morgan fingerprint density at radius 2 is 1.88 bits per heavy atom. The lowest BCUT2D eigenvalue weighted by atomic mass is 9.95. The number of thioether (sulfide) groups is 1. The van der Waals surface area contributed by atoms with Crippen molar-refractivity contribution in [2.45, 2.75) is 25.3 Å². The van der Waals surface area contributed by atoms with Crippen LogP contribution in [0.2, 0.25) is 5.02 Å². The number of halogens is 1. The van der Waals surface area contributed by atoms with Gasteiger partial charge in [0.15, 0.2) is 5.82 Å². The highest BCUT2D eigenvalue weighted by atomic mass is 35.5. The average Bonchev–Trinajstić information content (AvgIpc) is 3.61. The second-order valence-corrected chi connectivity index (χ2v) is 13.1. The van der Waals surface area contributed by atoms with E-state index in [9.17, 15) is 9.59 Å². The van der Waals surface area contributed by atoms with Gasteiger partial charge in [-0.25, -0.2) is 4.98 Å². The van der Waals surface area contributed by atoms with E-state index >= 15 is 0 Å². The Hall–Kier alpha value is -3.31. The molecule has 9 nitrogen and oxygen atoms in total. The first-order valence-corrected chi connectivity index (χ1v) is 15.4. The van der Waals surface area contributed by atoms with E-state index in [-0.39, 0.29) is 17.2 Å². The minimum absolute atomic E-state index is 0.0659. The highest BCUT2D eigenvalue weighted by Gasteiger charge is 2.35. The van der Waals surface area contributed by atoms with Crippen molar-refractivity contribution < 1.29 is 9.59 Å². The number of nitrogens with one attached hydrogen (secondary N) is 2. The molecule has 4 heterocycles. The molecule has 0 aliphatic carbocycles. The molecule has 3 aliphatic heterocycles. The van der Waals surface area contributed by atoms with Crippen molar-refractivity contribution in [1.82, 2.24) is 29.6 Å². The fraction of sp³-hybridized carbons (Fsp3) is 0.387. The summed E-state index contributed by atoms with van der Waals surface area (Å²) in [5.74, 6) is 0.259. The van der Waals surface area contributed by atoms with Crippen LogP contribution < -0.4 is 10.6 Å². The molecule has 2 amide bonds. The molecule has 3 aromatic rings. The van der Waals surface area contributed by atoms with Gasteiger partial charge < -0.3 is 29.9 Å². The number of amides is 2. The number of anilines is 1. The Balaban J connectivity index is 1.19. The van der Waals surface area contributed by atoms with Crippen molar-refractivity contribution in [2.75, 3.05) is 52.6 Å². The van der Waals surface area contributed by atoms with Crippen molar-refractivity contribution in [1.29, 1.82) is 0 Å². The topological polar surface area (TPSA) is 85.7 Å². The summed E-state index contributed by atoms with van der Waals surface area (Å²) in [6.07, 6.45) is 0.869. The highest BCUT2D eigenvalue weighted by molar-refractivity contribution is 8.03. The van der Waals surface area contributed by atoms with Gasteiger partial charge in [0.2, 0.25) is 5.91 Å². The summed E-state index contributed by atoms with van der Waals surface area (Å²) >= 11 is 8.74. The van der Waals surface area contributed by atoms with Crippen LogP contribution in [0.25, 0.3) is 11.1 Å². The fourth-order valence-electron chi connectivity index (χ4n) is 5.96. The standard InChI is InChI=1S/C31H36ClN7O2S/c1-18-19(8-6-9-20(18)31-35-24-15-39(16-26(24)42-31)27(40)17-36(2)3)21-10-7-11-22(28(21)32)34-30(41)29-33-23-14-37(4)13-12-25(23)38(29)5/h6-11,31,35H,12-17H2,1-5H3,(H,34,41). The van der Waals surface area contributed by atoms with Crippen LogP contribution in [-0.4, -0.2) is 83.4 Å². The van der Waals surface area contributed by atoms with E-state index in [2.05, 4.69) is 46.6 Å². The Morgan fingerprint density at radius 3 is 2.64 bits per heavy atom. The van der Waals surface area contributed by atoms with Crippen molar-refractivity contribution in [2.24, 2.45) is 7.05 Å². The van der Waals surface area contributed by atoms with E-state index in [1.807, 2.05) is 59.8 Å². The van der Waals surface area contributed by atoms with Crippen molar-refractivity contribution in [3.05, 3.63) is 80.4 Å². The Bertz CT molecular complexity index is 1600. The Labute approximate surface area is 255 Å². The third-order valence-corrected chi connectivity index (χ3v) is 9.91. The lowest BCUT2D eigenvalue weighted by Gasteiger charge is -2.24. The average molecular weight is 606 g/mol. The molecule has 1 atom stereocenters. The summed E-state index contributed by atoms with van der Waals surface area (Å²) in [6, 6.07) is 12.0. The van der Waals surface area contributed by atoms with E-state index in [1.165, 1.54) is 10.5 Å². The largest absolute Gasteiger partial charge is 0.370 e. The smallest absolute Gasteiger partial charge is 0.291 e. The third kappa shape index (κ3) is 5.32. The molecule has 0 saturated carbocycles. The summed E-state index contributed by atoms with van der Waals surface area (Å²) in [5.41, 5.74) is 7.92. The maximum atomic E-state index is 13.3. The maximum absolute atomic E-state index is 13.3. The number of benzene rings is 2. The maximum Gasteiger partial charge on any atom is 0.291 e. The van der Waals surface area contributed by atoms with Gasteiger partial charge in [-0.15, -0.1) is 0 Å². The Morgan fingerprint density at radius 1 is 1.12 bits per heavy atom. The van der Waals surface area contributed by atoms with Crippen LogP contribution in [0.15, 0.2) is 47.0 Å².